The molecule has 0 saturated heterocycles. The summed E-state index contributed by atoms with van der Waals surface area (Å²) in [6, 6.07) is 4.05. The molecule has 4 nitrogen and oxygen atoms in total. The van der Waals surface area contributed by atoms with Gasteiger partial charge in [-0.2, -0.15) is 5.10 Å². The van der Waals surface area contributed by atoms with Crippen LogP contribution in [0.2, 0.25) is 0 Å². The third-order valence-corrected chi connectivity index (χ3v) is 5.95. The summed E-state index contributed by atoms with van der Waals surface area (Å²) in [7, 11) is 1.98. The molecule has 2 atom stereocenters. The summed E-state index contributed by atoms with van der Waals surface area (Å²) in [4.78, 5) is 0. The number of fused-ring (bicyclic) bond motifs is 4. The van der Waals surface area contributed by atoms with Gasteiger partial charge in [0.2, 0.25) is 0 Å². The maximum Gasteiger partial charge on any atom is 0.127 e. The molecule has 4 heteroatoms. The Balaban J connectivity index is 1.86. The molecule has 134 valence electrons. The van der Waals surface area contributed by atoms with Crippen molar-refractivity contribution in [1.29, 1.82) is 0 Å². The monoisotopic (exact) mass is 340 g/mol. The number of aromatic hydroxyl groups is 1. The van der Waals surface area contributed by atoms with Gasteiger partial charge in [-0.05, 0) is 55.4 Å². The number of benzene rings is 1. The van der Waals surface area contributed by atoms with Gasteiger partial charge in [0.25, 0.3) is 0 Å². The van der Waals surface area contributed by atoms with Crippen molar-refractivity contribution in [3.05, 3.63) is 40.7 Å². The van der Waals surface area contributed by atoms with Crippen molar-refractivity contribution >= 4 is 0 Å². The van der Waals surface area contributed by atoms with Crippen LogP contribution in [0.3, 0.4) is 0 Å². The molecule has 1 aromatic heterocycles. The van der Waals surface area contributed by atoms with Crippen molar-refractivity contribution in [2.75, 3.05) is 0 Å². The van der Waals surface area contributed by atoms with Crippen molar-refractivity contribution in [2.24, 2.45) is 13.0 Å². The highest BCUT2D eigenvalue weighted by Gasteiger charge is 2.48. The fraction of sp³-hybridized carbons (Fsp3) is 0.571. The molecule has 2 heterocycles. The molecule has 0 radical (unpaired) electrons. The first-order valence-electron chi connectivity index (χ1n) is 9.14. The molecule has 1 aliphatic heterocycles. The van der Waals surface area contributed by atoms with Gasteiger partial charge in [0.15, 0.2) is 0 Å². The van der Waals surface area contributed by atoms with Crippen molar-refractivity contribution in [3.8, 4) is 11.5 Å². The Morgan fingerprint density at radius 2 is 1.96 bits per heavy atom. The van der Waals surface area contributed by atoms with E-state index in [1.54, 1.807) is 0 Å². The number of phenols is 1. The normalized spacial score (nSPS) is 24.1. The van der Waals surface area contributed by atoms with E-state index < -0.39 is 0 Å². The average molecular weight is 340 g/mol. The molecule has 0 bridgehead atoms. The van der Waals surface area contributed by atoms with Crippen LogP contribution in [0.15, 0.2) is 18.3 Å². The maximum atomic E-state index is 10.9. The highest BCUT2D eigenvalue weighted by Crippen LogP contribution is 2.53. The predicted molar refractivity (Wildman–Crippen MR) is 98.4 cm³/mol. The molecule has 1 N–H and O–H groups in total. The highest BCUT2D eigenvalue weighted by molar-refractivity contribution is 5.54. The maximum absolute atomic E-state index is 10.9. The minimum absolute atomic E-state index is 0.0302. The topological polar surface area (TPSA) is 47.3 Å². The highest BCUT2D eigenvalue weighted by atomic mass is 16.5. The zero-order valence-electron chi connectivity index (χ0n) is 16.1. The minimum atomic E-state index is -0.270. The Hall–Kier alpha value is -1.97. The Kier molecular flexibility index (Phi) is 3.32. The summed E-state index contributed by atoms with van der Waals surface area (Å²) in [5, 5.41) is 15.5. The zero-order valence-corrected chi connectivity index (χ0v) is 16.1. The van der Waals surface area contributed by atoms with E-state index >= 15 is 0 Å². The Bertz CT molecular complexity index is 842. The molecule has 25 heavy (non-hydrogen) atoms. The number of aryl methyl sites for hydroxylation is 1. The van der Waals surface area contributed by atoms with Gasteiger partial charge in [0.1, 0.15) is 17.1 Å². The number of rotatable bonds is 0. The van der Waals surface area contributed by atoms with Crippen LogP contribution in [0.4, 0.5) is 0 Å². The smallest absolute Gasteiger partial charge is 0.127 e. The summed E-state index contributed by atoms with van der Waals surface area (Å²) in [6.07, 6.45) is 3.93. The second-order valence-electron chi connectivity index (χ2n) is 9.26. The van der Waals surface area contributed by atoms with E-state index in [1.165, 1.54) is 5.56 Å². The minimum Gasteiger partial charge on any atom is -0.508 e. The van der Waals surface area contributed by atoms with Crippen LogP contribution in [0.25, 0.3) is 0 Å². The van der Waals surface area contributed by atoms with Gasteiger partial charge < -0.3 is 9.84 Å². The van der Waals surface area contributed by atoms with E-state index in [1.807, 2.05) is 17.8 Å². The molecule has 1 aliphatic carbocycles. The van der Waals surface area contributed by atoms with Gasteiger partial charge in [-0.15, -0.1) is 0 Å². The summed E-state index contributed by atoms with van der Waals surface area (Å²) in [5.74, 6) is 1.79. The molecule has 0 spiro atoms. The fourth-order valence-corrected chi connectivity index (χ4v) is 4.55. The molecule has 0 saturated carbocycles. The van der Waals surface area contributed by atoms with Crippen LogP contribution >= 0.6 is 0 Å². The van der Waals surface area contributed by atoms with E-state index in [0.717, 1.165) is 35.4 Å². The summed E-state index contributed by atoms with van der Waals surface area (Å²) < 4.78 is 8.34. The van der Waals surface area contributed by atoms with Gasteiger partial charge in [-0.3, -0.25) is 4.68 Å². The lowest BCUT2D eigenvalue weighted by Crippen LogP contribution is -2.47. The standard InChI is InChI=1S/C21H28N2O2/c1-20(2,3)13-8-17(24)19-14-10-16-12(11-23(6)22-16)7-15(14)21(4,5)25-18(19)9-13/h8-9,11,14-15,24H,7,10H2,1-6H3. The Labute approximate surface area is 149 Å². The zero-order chi connectivity index (χ0) is 18.1. The Morgan fingerprint density at radius 1 is 1.24 bits per heavy atom. The molecular weight excluding hydrogens is 312 g/mol. The van der Waals surface area contributed by atoms with E-state index in [0.29, 0.717) is 11.7 Å². The largest absolute Gasteiger partial charge is 0.508 e. The van der Waals surface area contributed by atoms with Gasteiger partial charge >= 0.3 is 0 Å². The summed E-state index contributed by atoms with van der Waals surface area (Å²) in [6.45, 7) is 10.8. The van der Waals surface area contributed by atoms with Crippen molar-refractivity contribution < 1.29 is 9.84 Å². The van der Waals surface area contributed by atoms with Crippen molar-refractivity contribution in [2.45, 2.75) is 64.4 Å². The van der Waals surface area contributed by atoms with Gasteiger partial charge in [0, 0.05) is 30.6 Å². The van der Waals surface area contributed by atoms with E-state index in [9.17, 15) is 5.11 Å². The lowest BCUT2D eigenvalue weighted by Gasteiger charge is -2.47. The van der Waals surface area contributed by atoms with Crippen molar-refractivity contribution in [1.82, 2.24) is 9.78 Å². The fourth-order valence-electron chi connectivity index (χ4n) is 4.55. The first-order valence-corrected chi connectivity index (χ1v) is 9.14. The van der Waals surface area contributed by atoms with Crippen LogP contribution in [0, 0.1) is 5.92 Å². The average Bonchev–Trinajstić information content (AvgIpc) is 2.82. The lowest BCUT2D eigenvalue weighted by atomic mass is 9.66. The van der Waals surface area contributed by atoms with E-state index in [-0.39, 0.29) is 16.9 Å². The Morgan fingerprint density at radius 3 is 2.64 bits per heavy atom. The van der Waals surface area contributed by atoms with Crippen LogP contribution in [-0.2, 0) is 25.3 Å². The number of phenolic OH excluding ortho intramolecular Hbond substituents is 1. The molecule has 0 amide bonds. The molecule has 2 aromatic rings. The SMILES string of the molecule is Cn1cc2c(n1)CC1c3c(O)cc(C(C)(C)C)cc3OC(C)(C)C1C2. The summed E-state index contributed by atoms with van der Waals surface area (Å²) in [5.41, 5.74) is 4.24. The quantitative estimate of drug-likeness (QED) is 0.786. The molecule has 4 rings (SSSR count). The first kappa shape index (κ1) is 16.5. The second-order valence-corrected chi connectivity index (χ2v) is 9.26. The predicted octanol–water partition coefficient (Wildman–Crippen LogP) is 4.09. The van der Waals surface area contributed by atoms with E-state index in [4.69, 9.17) is 4.74 Å². The molecule has 1 aromatic carbocycles. The van der Waals surface area contributed by atoms with Gasteiger partial charge in [-0.25, -0.2) is 0 Å². The third-order valence-electron chi connectivity index (χ3n) is 5.95. The number of hydrogen-bond acceptors (Lipinski definition) is 3. The number of hydrogen-bond donors (Lipinski definition) is 1. The van der Waals surface area contributed by atoms with Gasteiger partial charge in [0.05, 0.1) is 5.69 Å². The molecule has 2 aliphatic rings. The second kappa shape index (κ2) is 5.03. The molecule has 0 fully saturated rings. The summed E-state index contributed by atoms with van der Waals surface area (Å²) >= 11 is 0. The number of aromatic nitrogens is 2. The lowest BCUT2D eigenvalue weighted by molar-refractivity contribution is 0.00540. The van der Waals surface area contributed by atoms with Gasteiger partial charge in [-0.1, -0.05) is 20.8 Å². The van der Waals surface area contributed by atoms with Crippen molar-refractivity contribution in [3.63, 3.8) is 0 Å². The van der Waals surface area contributed by atoms with Crippen LogP contribution < -0.4 is 4.74 Å². The number of nitrogens with zero attached hydrogens (tertiary/aromatic N) is 2. The number of ether oxygens (including phenoxy) is 1. The third kappa shape index (κ3) is 2.54. The van der Waals surface area contributed by atoms with Crippen LogP contribution in [0.1, 0.15) is 62.9 Å². The molecular formula is C21H28N2O2. The first-order chi connectivity index (χ1) is 11.6. The van der Waals surface area contributed by atoms with E-state index in [2.05, 4.69) is 52.0 Å². The van der Waals surface area contributed by atoms with Crippen LogP contribution in [0.5, 0.6) is 11.5 Å². The van der Waals surface area contributed by atoms with Crippen LogP contribution in [-0.4, -0.2) is 20.5 Å². The molecule has 2 unspecified atom stereocenters.